The van der Waals surface area contributed by atoms with Gasteiger partial charge in [0, 0.05) is 27.8 Å². The molecule has 0 aliphatic rings. The van der Waals surface area contributed by atoms with Crippen LogP contribution in [-0.2, 0) is 13.1 Å². The predicted octanol–water partition coefficient (Wildman–Crippen LogP) is 4.79. The van der Waals surface area contributed by atoms with Crippen LogP contribution in [0.25, 0.3) is 0 Å². The van der Waals surface area contributed by atoms with Gasteiger partial charge in [0.25, 0.3) is 5.91 Å². The predicted molar refractivity (Wildman–Crippen MR) is 105 cm³/mol. The summed E-state index contributed by atoms with van der Waals surface area (Å²) in [6, 6.07) is 14.8. The Bertz CT molecular complexity index is 933. The van der Waals surface area contributed by atoms with E-state index in [0.29, 0.717) is 28.7 Å². The quantitative estimate of drug-likeness (QED) is 0.684. The lowest BCUT2D eigenvalue weighted by atomic mass is 10.1. The molecule has 0 saturated carbocycles. The zero-order valence-electron chi connectivity index (χ0n) is 14.6. The Hall–Kier alpha value is -2.30. The van der Waals surface area contributed by atoms with E-state index in [1.807, 2.05) is 54.9 Å². The second kappa shape index (κ2) is 7.94. The van der Waals surface area contributed by atoms with Gasteiger partial charge in [-0.3, -0.25) is 9.48 Å². The molecule has 0 unspecified atom stereocenters. The molecule has 0 atom stereocenters. The first-order valence-electron chi connectivity index (χ1n) is 8.24. The lowest BCUT2D eigenvalue weighted by Gasteiger charge is -2.09. The Kier molecular flexibility index (Phi) is 5.64. The van der Waals surface area contributed by atoms with Gasteiger partial charge in [0.2, 0.25) is 0 Å². The number of carbonyl (C=O) groups is 1. The number of hydrogen-bond donors (Lipinski definition) is 1. The van der Waals surface area contributed by atoms with Gasteiger partial charge < -0.3 is 5.32 Å². The first-order valence-corrected chi connectivity index (χ1v) is 9.00. The number of carbonyl (C=O) groups excluding carboxylic acids is 1. The number of amides is 1. The summed E-state index contributed by atoms with van der Waals surface area (Å²) in [5.74, 6) is -0.145. The molecule has 0 bridgehead atoms. The van der Waals surface area contributed by atoms with Crippen molar-refractivity contribution in [2.75, 3.05) is 0 Å². The maximum atomic E-state index is 12.3. The van der Waals surface area contributed by atoms with Crippen molar-refractivity contribution >= 4 is 29.1 Å². The Labute approximate surface area is 162 Å². The van der Waals surface area contributed by atoms with Crippen LogP contribution >= 0.6 is 23.2 Å². The lowest BCUT2D eigenvalue weighted by Crippen LogP contribution is -2.22. The summed E-state index contributed by atoms with van der Waals surface area (Å²) in [4.78, 5) is 12.3. The fourth-order valence-corrected chi connectivity index (χ4v) is 3.19. The number of aromatic nitrogens is 2. The van der Waals surface area contributed by atoms with Gasteiger partial charge in [-0.25, -0.2) is 0 Å². The Morgan fingerprint density at radius 2 is 1.81 bits per heavy atom. The van der Waals surface area contributed by atoms with Crippen LogP contribution in [0.2, 0.25) is 10.0 Å². The van der Waals surface area contributed by atoms with Gasteiger partial charge in [-0.1, -0.05) is 41.4 Å². The van der Waals surface area contributed by atoms with Crippen molar-refractivity contribution in [2.24, 2.45) is 0 Å². The standard InChI is InChI=1S/C20H19Cl2N3O/c1-13-9-14(2)25(24-13)12-15-3-5-16(6-4-15)20(26)23-11-17-7-8-18(21)10-19(17)22/h3-10H,11-12H2,1-2H3,(H,23,26). The van der Waals surface area contributed by atoms with E-state index < -0.39 is 0 Å². The SMILES string of the molecule is Cc1cc(C)n(Cc2ccc(C(=O)NCc3ccc(Cl)cc3Cl)cc2)n1. The number of aryl methyl sites for hydroxylation is 2. The number of halogens is 2. The van der Waals surface area contributed by atoms with Crippen LogP contribution in [0.3, 0.4) is 0 Å². The Morgan fingerprint density at radius 1 is 1.08 bits per heavy atom. The third-order valence-corrected chi connectivity index (χ3v) is 4.69. The van der Waals surface area contributed by atoms with Gasteiger partial charge in [-0.2, -0.15) is 5.10 Å². The zero-order chi connectivity index (χ0) is 18.7. The summed E-state index contributed by atoms with van der Waals surface area (Å²) in [5, 5.41) is 8.44. The number of nitrogens with zero attached hydrogens (tertiary/aromatic N) is 2. The van der Waals surface area contributed by atoms with Gasteiger partial charge in [0.1, 0.15) is 0 Å². The van der Waals surface area contributed by atoms with Crippen LogP contribution < -0.4 is 5.32 Å². The fourth-order valence-electron chi connectivity index (χ4n) is 2.71. The topological polar surface area (TPSA) is 46.9 Å². The summed E-state index contributed by atoms with van der Waals surface area (Å²) in [6.07, 6.45) is 0. The van der Waals surface area contributed by atoms with Crippen molar-refractivity contribution in [1.29, 1.82) is 0 Å². The molecule has 0 radical (unpaired) electrons. The van der Waals surface area contributed by atoms with Crippen molar-refractivity contribution in [3.05, 3.63) is 86.7 Å². The summed E-state index contributed by atoms with van der Waals surface area (Å²) >= 11 is 12.0. The van der Waals surface area contributed by atoms with E-state index >= 15 is 0 Å². The Morgan fingerprint density at radius 3 is 2.42 bits per heavy atom. The van der Waals surface area contributed by atoms with Crippen LogP contribution in [0.15, 0.2) is 48.5 Å². The molecule has 26 heavy (non-hydrogen) atoms. The van der Waals surface area contributed by atoms with Gasteiger partial charge >= 0.3 is 0 Å². The van der Waals surface area contributed by atoms with Gasteiger partial charge in [-0.15, -0.1) is 0 Å². The molecule has 3 aromatic rings. The molecule has 0 spiro atoms. The number of benzene rings is 2. The van der Waals surface area contributed by atoms with E-state index in [4.69, 9.17) is 23.2 Å². The smallest absolute Gasteiger partial charge is 0.251 e. The van der Waals surface area contributed by atoms with Gasteiger partial charge in [-0.05, 0) is 55.3 Å². The highest BCUT2D eigenvalue weighted by Crippen LogP contribution is 2.20. The fraction of sp³-hybridized carbons (Fsp3) is 0.200. The molecule has 0 aliphatic carbocycles. The van der Waals surface area contributed by atoms with E-state index in [2.05, 4.69) is 10.4 Å². The zero-order valence-corrected chi connectivity index (χ0v) is 16.1. The van der Waals surface area contributed by atoms with E-state index in [-0.39, 0.29) is 5.91 Å². The van der Waals surface area contributed by atoms with Crippen LogP contribution in [0.4, 0.5) is 0 Å². The van der Waals surface area contributed by atoms with Crippen molar-refractivity contribution in [3.63, 3.8) is 0 Å². The molecule has 6 heteroatoms. The monoisotopic (exact) mass is 387 g/mol. The molecule has 134 valence electrons. The summed E-state index contributed by atoms with van der Waals surface area (Å²) < 4.78 is 1.95. The van der Waals surface area contributed by atoms with Crippen LogP contribution in [0.1, 0.15) is 32.9 Å². The molecule has 0 aliphatic heterocycles. The number of rotatable bonds is 5. The summed E-state index contributed by atoms with van der Waals surface area (Å²) in [7, 11) is 0. The molecule has 2 aromatic carbocycles. The number of hydrogen-bond acceptors (Lipinski definition) is 2. The highest BCUT2D eigenvalue weighted by molar-refractivity contribution is 6.35. The molecule has 3 rings (SSSR count). The largest absolute Gasteiger partial charge is 0.348 e. The molecule has 1 aromatic heterocycles. The normalized spacial score (nSPS) is 10.8. The minimum Gasteiger partial charge on any atom is -0.348 e. The second-order valence-corrected chi connectivity index (χ2v) is 7.04. The molecule has 4 nitrogen and oxygen atoms in total. The average molecular weight is 388 g/mol. The molecule has 0 fully saturated rings. The number of nitrogens with one attached hydrogen (secondary N) is 1. The first kappa shape index (κ1) is 18.5. The van der Waals surface area contributed by atoms with Crippen LogP contribution in [-0.4, -0.2) is 15.7 Å². The molecular weight excluding hydrogens is 369 g/mol. The maximum absolute atomic E-state index is 12.3. The van der Waals surface area contributed by atoms with Gasteiger partial charge in [0.15, 0.2) is 0 Å². The molecule has 0 saturated heterocycles. The van der Waals surface area contributed by atoms with Crippen LogP contribution in [0.5, 0.6) is 0 Å². The highest BCUT2D eigenvalue weighted by Gasteiger charge is 2.08. The Balaban J connectivity index is 1.62. The van der Waals surface area contributed by atoms with E-state index in [0.717, 1.165) is 22.5 Å². The molecule has 1 N–H and O–H groups in total. The molecular formula is C20H19Cl2N3O. The van der Waals surface area contributed by atoms with Crippen molar-refractivity contribution < 1.29 is 4.79 Å². The van der Waals surface area contributed by atoms with Crippen LogP contribution in [0, 0.1) is 13.8 Å². The molecule has 1 amide bonds. The third kappa shape index (κ3) is 4.45. The minimum atomic E-state index is -0.145. The first-order chi connectivity index (χ1) is 12.4. The van der Waals surface area contributed by atoms with Crippen molar-refractivity contribution in [1.82, 2.24) is 15.1 Å². The summed E-state index contributed by atoms with van der Waals surface area (Å²) in [6.45, 7) is 5.04. The van der Waals surface area contributed by atoms with E-state index in [1.54, 1.807) is 12.1 Å². The molecule has 1 heterocycles. The minimum absolute atomic E-state index is 0.145. The van der Waals surface area contributed by atoms with E-state index in [1.165, 1.54) is 0 Å². The van der Waals surface area contributed by atoms with E-state index in [9.17, 15) is 4.79 Å². The van der Waals surface area contributed by atoms with Gasteiger partial charge in [0.05, 0.1) is 12.2 Å². The third-order valence-electron chi connectivity index (χ3n) is 4.11. The van der Waals surface area contributed by atoms with Crippen molar-refractivity contribution in [3.8, 4) is 0 Å². The maximum Gasteiger partial charge on any atom is 0.251 e. The summed E-state index contributed by atoms with van der Waals surface area (Å²) in [5.41, 5.74) is 4.63. The average Bonchev–Trinajstić information content (AvgIpc) is 2.91. The van der Waals surface area contributed by atoms with Crippen molar-refractivity contribution in [2.45, 2.75) is 26.9 Å². The highest BCUT2D eigenvalue weighted by atomic mass is 35.5. The lowest BCUT2D eigenvalue weighted by molar-refractivity contribution is 0.0951. The second-order valence-electron chi connectivity index (χ2n) is 6.20.